The van der Waals surface area contributed by atoms with Crippen molar-refractivity contribution in [1.82, 2.24) is 4.90 Å². The van der Waals surface area contributed by atoms with Crippen LogP contribution in [0.4, 0.5) is 0 Å². The van der Waals surface area contributed by atoms with Gasteiger partial charge in [-0.1, -0.05) is 11.6 Å². The summed E-state index contributed by atoms with van der Waals surface area (Å²) in [5.41, 5.74) is 0.410. The molecule has 1 aliphatic rings. The average Bonchev–Trinajstić information content (AvgIpc) is 2.62. The van der Waals surface area contributed by atoms with Crippen LogP contribution >= 0.6 is 11.6 Å². The molecule has 0 N–H and O–H groups in total. The molecule has 1 fully saturated rings. The summed E-state index contributed by atoms with van der Waals surface area (Å²) < 4.78 is 16.1. The Morgan fingerprint density at radius 3 is 2.69 bits per heavy atom. The number of carbonyl (C=O) groups is 2. The fourth-order valence-electron chi connectivity index (χ4n) is 2.99. The first-order valence-corrected chi connectivity index (χ1v) is 9.25. The van der Waals surface area contributed by atoms with Gasteiger partial charge in [0.15, 0.2) is 11.5 Å². The molecule has 26 heavy (non-hydrogen) atoms. The molecule has 1 heterocycles. The number of piperidine rings is 1. The van der Waals surface area contributed by atoms with Crippen molar-refractivity contribution in [3.05, 3.63) is 22.7 Å². The summed E-state index contributed by atoms with van der Waals surface area (Å²) in [6.45, 7) is 6.84. The van der Waals surface area contributed by atoms with Crippen LogP contribution in [0.25, 0.3) is 0 Å². The van der Waals surface area contributed by atoms with E-state index >= 15 is 0 Å². The molecule has 144 valence electrons. The summed E-state index contributed by atoms with van der Waals surface area (Å²) in [4.78, 5) is 26.6. The zero-order valence-corrected chi connectivity index (χ0v) is 16.5. The van der Waals surface area contributed by atoms with Gasteiger partial charge in [0.25, 0.3) is 5.91 Å². The summed E-state index contributed by atoms with van der Waals surface area (Å²) in [6.07, 6.45) is 1.41. The van der Waals surface area contributed by atoms with Gasteiger partial charge in [-0.2, -0.15) is 0 Å². The molecule has 0 spiro atoms. The molecule has 2 rings (SSSR count). The van der Waals surface area contributed by atoms with Crippen molar-refractivity contribution >= 4 is 23.5 Å². The maximum Gasteiger partial charge on any atom is 0.310 e. The first-order valence-electron chi connectivity index (χ1n) is 8.87. The van der Waals surface area contributed by atoms with Crippen LogP contribution < -0.4 is 9.47 Å². The predicted molar refractivity (Wildman–Crippen MR) is 99.0 cm³/mol. The van der Waals surface area contributed by atoms with E-state index in [1.54, 1.807) is 24.0 Å². The van der Waals surface area contributed by atoms with E-state index in [0.717, 1.165) is 12.8 Å². The zero-order chi connectivity index (χ0) is 19.3. The van der Waals surface area contributed by atoms with Gasteiger partial charge < -0.3 is 19.1 Å². The zero-order valence-electron chi connectivity index (χ0n) is 15.7. The summed E-state index contributed by atoms with van der Waals surface area (Å²) in [5.74, 6) is 0.113. The van der Waals surface area contributed by atoms with Crippen molar-refractivity contribution in [2.24, 2.45) is 5.92 Å². The highest BCUT2D eigenvalue weighted by molar-refractivity contribution is 6.32. The molecule has 0 aliphatic carbocycles. The highest BCUT2D eigenvalue weighted by Gasteiger charge is 2.30. The lowest BCUT2D eigenvalue weighted by molar-refractivity contribution is -0.149. The molecule has 0 aromatic heterocycles. The predicted octanol–water partition coefficient (Wildman–Crippen LogP) is 3.55. The van der Waals surface area contributed by atoms with Crippen molar-refractivity contribution in [1.29, 1.82) is 0 Å². The Bertz CT molecular complexity index is 662. The summed E-state index contributed by atoms with van der Waals surface area (Å²) in [7, 11) is 1.50. The standard InChI is InChI=1S/C19H26ClNO5/c1-5-25-19(23)13-7-6-8-21(11-13)18(22)14-9-15(20)17(26-12(2)3)16(10-14)24-4/h9-10,12-13H,5-8,11H2,1-4H3. The van der Waals surface area contributed by atoms with E-state index in [4.69, 9.17) is 25.8 Å². The van der Waals surface area contributed by atoms with Gasteiger partial charge in [-0.05, 0) is 45.7 Å². The minimum absolute atomic E-state index is 0.0737. The van der Waals surface area contributed by atoms with E-state index in [1.165, 1.54) is 7.11 Å². The Morgan fingerprint density at radius 1 is 1.35 bits per heavy atom. The normalized spacial score (nSPS) is 17.2. The largest absolute Gasteiger partial charge is 0.493 e. The van der Waals surface area contributed by atoms with Gasteiger partial charge in [0.05, 0.1) is 30.8 Å². The molecule has 7 heteroatoms. The van der Waals surface area contributed by atoms with Gasteiger partial charge in [-0.25, -0.2) is 0 Å². The average molecular weight is 384 g/mol. The summed E-state index contributed by atoms with van der Waals surface area (Å²) in [5, 5.41) is 0.320. The van der Waals surface area contributed by atoms with Gasteiger partial charge in [0.2, 0.25) is 0 Å². The maximum atomic E-state index is 12.9. The number of likely N-dealkylation sites (tertiary alicyclic amines) is 1. The van der Waals surface area contributed by atoms with Crippen LogP contribution in [-0.2, 0) is 9.53 Å². The molecular weight excluding hydrogens is 358 g/mol. The minimum Gasteiger partial charge on any atom is -0.493 e. The Hall–Kier alpha value is -1.95. The fourth-order valence-corrected chi connectivity index (χ4v) is 3.25. The van der Waals surface area contributed by atoms with Gasteiger partial charge >= 0.3 is 5.97 Å². The lowest BCUT2D eigenvalue weighted by atomic mass is 9.97. The Morgan fingerprint density at radius 2 is 2.08 bits per heavy atom. The van der Waals surface area contributed by atoms with Crippen molar-refractivity contribution in [3.63, 3.8) is 0 Å². The first-order chi connectivity index (χ1) is 12.4. The molecule has 1 saturated heterocycles. The van der Waals surface area contributed by atoms with Crippen LogP contribution in [0, 0.1) is 5.92 Å². The number of ether oxygens (including phenoxy) is 3. The quantitative estimate of drug-likeness (QED) is 0.703. The Balaban J connectivity index is 2.20. The van der Waals surface area contributed by atoms with E-state index < -0.39 is 0 Å². The number of methoxy groups -OCH3 is 1. The van der Waals surface area contributed by atoms with E-state index in [9.17, 15) is 9.59 Å². The molecule has 1 atom stereocenters. The van der Waals surface area contributed by atoms with Gasteiger partial charge in [-0.3, -0.25) is 9.59 Å². The molecule has 0 saturated carbocycles. The number of amides is 1. The van der Waals surface area contributed by atoms with Crippen LogP contribution in [0.2, 0.25) is 5.02 Å². The molecule has 0 bridgehead atoms. The molecule has 1 unspecified atom stereocenters. The van der Waals surface area contributed by atoms with E-state index in [0.29, 0.717) is 41.8 Å². The number of halogens is 1. The molecule has 0 radical (unpaired) electrons. The van der Waals surface area contributed by atoms with Crippen molar-refractivity contribution in [3.8, 4) is 11.5 Å². The number of rotatable bonds is 6. The van der Waals surface area contributed by atoms with Crippen LogP contribution in [0.3, 0.4) is 0 Å². The molecule has 1 aromatic rings. The van der Waals surface area contributed by atoms with Crippen LogP contribution in [-0.4, -0.2) is 49.7 Å². The van der Waals surface area contributed by atoms with Gasteiger partial charge in [0.1, 0.15) is 0 Å². The lowest BCUT2D eigenvalue weighted by Crippen LogP contribution is -2.42. The van der Waals surface area contributed by atoms with E-state index in [-0.39, 0.29) is 23.9 Å². The highest BCUT2D eigenvalue weighted by Crippen LogP contribution is 2.37. The first kappa shape index (κ1) is 20.4. The minimum atomic E-state index is -0.284. The number of benzene rings is 1. The molecule has 1 aromatic carbocycles. The van der Waals surface area contributed by atoms with Crippen LogP contribution in [0.5, 0.6) is 11.5 Å². The second-order valence-corrected chi connectivity index (χ2v) is 6.91. The van der Waals surface area contributed by atoms with Gasteiger partial charge in [-0.15, -0.1) is 0 Å². The highest BCUT2D eigenvalue weighted by atomic mass is 35.5. The molecule has 6 nitrogen and oxygen atoms in total. The van der Waals surface area contributed by atoms with Gasteiger partial charge in [0, 0.05) is 18.7 Å². The number of esters is 1. The third kappa shape index (κ3) is 4.81. The summed E-state index contributed by atoms with van der Waals surface area (Å²) in [6, 6.07) is 3.21. The van der Waals surface area contributed by atoms with Crippen LogP contribution in [0.1, 0.15) is 44.0 Å². The molecule has 1 aliphatic heterocycles. The Kier molecular flexibility index (Phi) is 7.14. The number of hydrogen-bond acceptors (Lipinski definition) is 5. The monoisotopic (exact) mass is 383 g/mol. The van der Waals surface area contributed by atoms with E-state index in [2.05, 4.69) is 0 Å². The molecular formula is C19H26ClNO5. The lowest BCUT2D eigenvalue weighted by Gasteiger charge is -2.31. The topological polar surface area (TPSA) is 65.1 Å². The molecule has 1 amide bonds. The fraction of sp³-hybridized carbons (Fsp3) is 0.579. The number of carbonyl (C=O) groups excluding carboxylic acids is 2. The summed E-state index contributed by atoms with van der Waals surface area (Å²) >= 11 is 6.31. The van der Waals surface area contributed by atoms with E-state index in [1.807, 2.05) is 13.8 Å². The number of nitrogens with zero attached hydrogens (tertiary/aromatic N) is 1. The second-order valence-electron chi connectivity index (χ2n) is 6.50. The van der Waals surface area contributed by atoms with Crippen LogP contribution in [0.15, 0.2) is 12.1 Å². The smallest absolute Gasteiger partial charge is 0.310 e. The Labute approximate surface area is 159 Å². The number of hydrogen-bond donors (Lipinski definition) is 0. The van der Waals surface area contributed by atoms with Crippen molar-refractivity contribution in [2.75, 3.05) is 26.8 Å². The third-order valence-electron chi connectivity index (χ3n) is 4.16. The SMILES string of the molecule is CCOC(=O)C1CCCN(C(=O)c2cc(Cl)c(OC(C)C)c(OC)c2)C1. The third-order valence-corrected chi connectivity index (χ3v) is 4.44. The second kappa shape index (κ2) is 9.12. The van der Waals surface area contributed by atoms with Crippen molar-refractivity contribution in [2.45, 2.75) is 39.7 Å². The maximum absolute atomic E-state index is 12.9. The van der Waals surface area contributed by atoms with Crippen molar-refractivity contribution < 1.29 is 23.8 Å².